The van der Waals surface area contributed by atoms with Gasteiger partial charge in [0.15, 0.2) is 0 Å². The first-order chi connectivity index (χ1) is 8.81. The number of hydrogen-bond donors (Lipinski definition) is 0. The zero-order valence-corrected chi connectivity index (χ0v) is 11.6. The molecule has 1 saturated heterocycles. The Hall–Kier alpha value is -1.06. The highest BCUT2D eigenvalue weighted by Gasteiger charge is 2.15. The molecule has 0 bridgehead atoms. The Kier molecular flexibility index (Phi) is 5.02. The highest BCUT2D eigenvalue weighted by Crippen LogP contribution is 2.14. The fraction of sp³-hybridized carbons (Fsp3) is 0.600. The van der Waals surface area contributed by atoms with Crippen LogP contribution in [0.5, 0.6) is 5.75 Å². The van der Waals surface area contributed by atoms with Crippen molar-refractivity contribution in [1.82, 2.24) is 9.80 Å². The zero-order valence-electron chi connectivity index (χ0n) is 11.6. The van der Waals surface area contributed by atoms with Crippen LogP contribution in [-0.2, 0) is 6.54 Å². The third-order valence-electron chi connectivity index (χ3n) is 3.55. The molecule has 0 amide bonds. The highest BCUT2D eigenvalue weighted by molar-refractivity contribution is 5.27. The van der Waals surface area contributed by atoms with Gasteiger partial charge in [0.05, 0.1) is 6.61 Å². The molecule has 18 heavy (non-hydrogen) atoms. The van der Waals surface area contributed by atoms with Crippen molar-refractivity contribution in [2.75, 3.05) is 39.3 Å². The maximum Gasteiger partial charge on any atom is 0.119 e. The van der Waals surface area contributed by atoms with Crippen LogP contribution in [0.4, 0.5) is 0 Å². The van der Waals surface area contributed by atoms with Crippen molar-refractivity contribution in [2.24, 2.45) is 0 Å². The monoisotopic (exact) mass is 248 g/mol. The van der Waals surface area contributed by atoms with Crippen LogP contribution in [0.1, 0.15) is 19.4 Å². The summed E-state index contributed by atoms with van der Waals surface area (Å²) < 4.78 is 5.46. The minimum absolute atomic E-state index is 0.734. The van der Waals surface area contributed by atoms with E-state index in [0.29, 0.717) is 0 Å². The van der Waals surface area contributed by atoms with Crippen molar-refractivity contribution in [3.05, 3.63) is 29.8 Å². The third kappa shape index (κ3) is 3.72. The lowest BCUT2D eigenvalue weighted by molar-refractivity contribution is 0.132. The van der Waals surface area contributed by atoms with Gasteiger partial charge in [-0.3, -0.25) is 4.90 Å². The van der Waals surface area contributed by atoms with Gasteiger partial charge >= 0.3 is 0 Å². The van der Waals surface area contributed by atoms with Crippen molar-refractivity contribution < 1.29 is 4.74 Å². The van der Waals surface area contributed by atoms with Gasteiger partial charge in [0.2, 0.25) is 0 Å². The first-order valence-corrected chi connectivity index (χ1v) is 6.98. The van der Waals surface area contributed by atoms with Crippen LogP contribution in [0.3, 0.4) is 0 Å². The van der Waals surface area contributed by atoms with Crippen molar-refractivity contribution in [2.45, 2.75) is 20.4 Å². The van der Waals surface area contributed by atoms with E-state index in [2.05, 4.69) is 41.0 Å². The van der Waals surface area contributed by atoms with Gasteiger partial charge < -0.3 is 9.64 Å². The van der Waals surface area contributed by atoms with E-state index in [0.717, 1.165) is 18.9 Å². The molecule has 1 aromatic carbocycles. The van der Waals surface area contributed by atoms with Crippen molar-refractivity contribution in [1.29, 1.82) is 0 Å². The standard InChI is InChI=1S/C15H24N2O/c1-3-16-9-11-17(12-10-16)13-14-5-7-15(8-6-14)18-4-2/h5-8H,3-4,9-13H2,1-2H3. The normalized spacial score (nSPS) is 17.9. The molecule has 1 heterocycles. The van der Waals surface area contributed by atoms with Gasteiger partial charge in [-0.25, -0.2) is 0 Å². The zero-order chi connectivity index (χ0) is 12.8. The van der Waals surface area contributed by atoms with Gasteiger partial charge in [0, 0.05) is 32.7 Å². The average molecular weight is 248 g/mol. The molecular formula is C15H24N2O. The summed E-state index contributed by atoms with van der Waals surface area (Å²) in [6, 6.07) is 8.50. The molecule has 0 spiro atoms. The Morgan fingerprint density at radius 3 is 2.11 bits per heavy atom. The molecule has 0 atom stereocenters. The molecule has 100 valence electrons. The van der Waals surface area contributed by atoms with Crippen molar-refractivity contribution in [3.8, 4) is 5.75 Å². The lowest BCUT2D eigenvalue weighted by Gasteiger charge is -2.34. The molecule has 0 unspecified atom stereocenters. The Morgan fingerprint density at radius 1 is 0.944 bits per heavy atom. The molecule has 0 N–H and O–H groups in total. The summed E-state index contributed by atoms with van der Waals surface area (Å²) in [4.78, 5) is 5.04. The maximum atomic E-state index is 5.46. The van der Waals surface area contributed by atoms with Crippen LogP contribution in [0.2, 0.25) is 0 Å². The minimum Gasteiger partial charge on any atom is -0.494 e. The van der Waals surface area contributed by atoms with E-state index in [1.54, 1.807) is 0 Å². The molecule has 0 aliphatic carbocycles. The average Bonchev–Trinajstić information content (AvgIpc) is 2.42. The van der Waals surface area contributed by atoms with E-state index in [4.69, 9.17) is 4.74 Å². The number of rotatable bonds is 5. The Labute approximate surface area is 110 Å². The number of hydrogen-bond acceptors (Lipinski definition) is 3. The Bertz CT molecular complexity index is 342. The van der Waals surface area contributed by atoms with Gasteiger partial charge in [0.25, 0.3) is 0 Å². The molecule has 1 aromatic rings. The summed E-state index contributed by atoms with van der Waals surface area (Å²) in [5, 5.41) is 0. The number of piperazine rings is 1. The summed E-state index contributed by atoms with van der Waals surface area (Å²) in [7, 11) is 0. The first-order valence-electron chi connectivity index (χ1n) is 6.98. The SMILES string of the molecule is CCOc1ccc(CN2CCN(CC)CC2)cc1. The molecule has 0 saturated carbocycles. The number of nitrogens with zero attached hydrogens (tertiary/aromatic N) is 2. The second-order valence-electron chi connectivity index (χ2n) is 4.79. The quantitative estimate of drug-likeness (QED) is 0.794. The van der Waals surface area contributed by atoms with Crippen LogP contribution in [0.25, 0.3) is 0 Å². The van der Waals surface area contributed by atoms with Gasteiger partial charge in [-0.1, -0.05) is 19.1 Å². The van der Waals surface area contributed by atoms with Crippen molar-refractivity contribution in [3.63, 3.8) is 0 Å². The molecule has 3 heteroatoms. The van der Waals surface area contributed by atoms with E-state index in [1.165, 1.54) is 38.3 Å². The predicted octanol–water partition coefficient (Wildman–Crippen LogP) is 2.22. The molecule has 2 rings (SSSR count). The number of ether oxygens (including phenoxy) is 1. The lowest BCUT2D eigenvalue weighted by Crippen LogP contribution is -2.45. The maximum absolute atomic E-state index is 5.46. The number of likely N-dealkylation sites (N-methyl/N-ethyl adjacent to an activating group) is 1. The Balaban J connectivity index is 1.82. The summed E-state index contributed by atoms with van der Waals surface area (Å²) >= 11 is 0. The summed E-state index contributed by atoms with van der Waals surface area (Å²) in [5.74, 6) is 0.969. The fourth-order valence-corrected chi connectivity index (χ4v) is 2.38. The van der Waals surface area contributed by atoms with E-state index in [1.807, 2.05) is 6.92 Å². The van der Waals surface area contributed by atoms with Crippen LogP contribution >= 0.6 is 0 Å². The van der Waals surface area contributed by atoms with E-state index in [-0.39, 0.29) is 0 Å². The van der Waals surface area contributed by atoms with Gasteiger partial charge in [-0.15, -0.1) is 0 Å². The molecule has 3 nitrogen and oxygen atoms in total. The van der Waals surface area contributed by atoms with Crippen molar-refractivity contribution >= 4 is 0 Å². The summed E-state index contributed by atoms with van der Waals surface area (Å²) in [6.07, 6.45) is 0. The number of benzene rings is 1. The molecule has 0 radical (unpaired) electrons. The largest absolute Gasteiger partial charge is 0.494 e. The smallest absolute Gasteiger partial charge is 0.119 e. The van der Waals surface area contributed by atoms with Crippen LogP contribution in [0, 0.1) is 0 Å². The molecule has 1 aliphatic rings. The first kappa shape index (κ1) is 13.4. The van der Waals surface area contributed by atoms with Crippen LogP contribution in [0.15, 0.2) is 24.3 Å². The fourth-order valence-electron chi connectivity index (χ4n) is 2.38. The summed E-state index contributed by atoms with van der Waals surface area (Å²) in [6.45, 7) is 12.0. The van der Waals surface area contributed by atoms with E-state index in [9.17, 15) is 0 Å². The predicted molar refractivity (Wildman–Crippen MR) is 75.0 cm³/mol. The Morgan fingerprint density at radius 2 is 1.56 bits per heavy atom. The molecular weight excluding hydrogens is 224 g/mol. The molecule has 1 fully saturated rings. The second kappa shape index (κ2) is 6.76. The topological polar surface area (TPSA) is 15.7 Å². The van der Waals surface area contributed by atoms with Gasteiger partial charge in [-0.2, -0.15) is 0 Å². The van der Waals surface area contributed by atoms with Gasteiger partial charge in [0.1, 0.15) is 5.75 Å². The van der Waals surface area contributed by atoms with E-state index >= 15 is 0 Å². The lowest BCUT2D eigenvalue weighted by atomic mass is 10.2. The highest BCUT2D eigenvalue weighted by atomic mass is 16.5. The van der Waals surface area contributed by atoms with Crippen LogP contribution < -0.4 is 4.74 Å². The summed E-state index contributed by atoms with van der Waals surface area (Å²) in [5.41, 5.74) is 1.38. The minimum atomic E-state index is 0.734. The molecule has 0 aromatic heterocycles. The molecule has 1 aliphatic heterocycles. The third-order valence-corrected chi connectivity index (χ3v) is 3.55. The van der Waals surface area contributed by atoms with E-state index < -0.39 is 0 Å². The second-order valence-corrected chi connectivity index (χ2v) is 4.79. The van der Waals surface area contributed by atoms with Gasteiger partial charge in [-0.05, 0) is 31.2 Å². The van der Waals surface area contributed by atoms with Crippen LogP contribution in [-0.4, -0.2) is 49.1 Å².